The van der Waals surface area contributed by atoms with Crippen LogP contribution in [0, 0.1) is 0 Å². The molecular formula is C28H40ClN6O9P. The lowest BCUT2D eigenvalue weighted by atomic mass is 10.1. The summed E-state index contributed by atoms with van der Waals surface area (Å²) in [6.07, 6.45) is 6.56. The molecule has 0 radical (unpaired) electrons. The molecule has 0 saturated carbocycles. The van der Waals surface area contributed by atoms with E-state index in [2.05, 4.69) is 19.9 Å². The third-order valence-corrected chi connectivity index (χ3v) is 9.44. The van der Waals surface area contributed by atoms with E-state index in [1.807, 2.05) is 13.8 Å². The topological polar surface area (TPSA) is 160 Å². The molecule has 0 spiro atoms. The van der Waals surface area contributed by atoms with Crippen LogP contribution in [0.5, 0.6) is 0 Å². The monoisotopic (exact) mass is 670 g/mol. The maximum Gasteiger partial charge on any atom is 0.370 e. The first-order valence-electron chi connectivity index (χ1n) is 15.2. The fraction of sp³-hybridized carbons (Fsp3) is 0.679. The summed E-state index contributed by atoms with van der Waals surface area (Å²) in [5, 5.41) is 0.00507. The molecule has 0 aromatic carbocycles. The van der Waals surface area contributed by atoms with Crippen LogP contribution >= 0.6 is 19.2 Å². The predicted octanol–water partition coefficient (Wildman–Crippen LogP) is 4.82. The molecule has 0 N–H and O–H groups in total. The van der Waals surface area contributed by atoms with Gasteiger partial charge in [0.2, 0.25) is 5.28 Å². The lowest BCUT2D eigenvalue weighted by Gasteiger charge is -2.28. The second-order valence-electron chi connectivity index (χ2n) is 11.1. The molecular weight excluding hydrogens is 631 g/mol. The van der Waals surface area contributed by atoms with E-state index in [9.17, 15) is 9.36 Å². The zero-order valence-electron chi connectivity index (χ0n) is 26.0. The van der Waals surface area contributed by atoms with E-state index in [0.717, 1.165) is 12.8 Å². The lowest BCUT2D eigenvalue weighted by molar-refractivity contribution is -0.203. The molecule has 5 atom stereocenters. The first-order valence-corrected chi connectivity index (χ1v) is 17.2. The summed E-state index contributed by atoms with van der Waals surface area (Å²) in [6.45, 7) is 9.31. The number of hydrogen-bond donors (Lipinski definition) is 0. The summed E-state index contributed by atoms with van der Waals surface area (Å²) in [4.78, 5) is 30.5. The van der Waals surface area contributed by atoms with Crippen molar-refractivity contribution in [3.8, 4) is 5.82 Å². The highest BCUT2D eigenvalue weighted by molar-refractivity contribution is 7.55. The standard InChI is InChI=1S/C28H40ClN6O9P/c1-6-9-13-40-45(37,41-14-10-7-2)26(25(36)38-8-3)39-15-18-20-21(44-28(4,5)43-20)24(42-18)35-17-31-19-22(34-12-11-30-16-34)32-27(29)33-23(19)35/h11-12,16-18,20-21,24,26H,6-10,13-15H2,1-5H3/t18-,20-,21-,24-,26?/m1/s1. The fourth-order valence-corrected chi connectivity index (χ4v) is 7.05. The third-order valence-electron chi connectivity index (χ3n) is 7.26. The minimum absolute atomic E-state index is 0.00507. The van der Waals surface area contributed by atoms with Crippen molar-refractivity contribution < 1.29 is 42.1 Å². The Balaban J connectivity index is 1.42. The van der Waals surface area contributed by atoms with Crippen molar-refractivity contribution in [2.75, 3.05) is 26.4 Å². The Hall–Kier alpha value is -2.49. The number of carbonyl (C=O) groups is 1. The average molecular weight is 671 g/mol. The zero-order chi connectivity index (χ0) is 32.2. The van der Waals surface area contributed by atoms with Crippen LogP contribution in [-0.2, 0) is 42.1 Å². The van der Waals surface area contributed by atoms with Crippen molar-refractivity contribution in [2.45, 2.75) is 96.5 Å². The van der Waals surface area contributed by atoms with Crippen LogP contribution in [0.4, 0.5) is 0 Å². The summed E-state index contributed by atoms with van der Waals surface area (Å²) in [5.74, 6) is -2.98. The number of ether oxygens (including phenoxy) is 5. The van der Waals surface area contributed by atoms with Crippen molar-refractivity contribution in [3.05, 3.63) is 30.3 Å². The van der Waals surface area contributed by atoms with Gasteiger partial charge in [0.25, 0.3) is 5.85 Å². The number of halogens is 1. The van der Waals surface area contributed by atoms with Crippen molar-refractivity contribution in [1.82, 2.24) is 29.1 Å². The highest BCUT2D eigenvalue weighted by Gasteiger charge is 2.57. The van der Waals surface area contributed by atoms with E-state index in [-0.39, 0.29) is 31.7 Å². The largest absolute Gasteiger partial charge is 0.464 e. The van der Waals surface area contributed by atoms with Gasteiger partial charge in [0.15, 0.2) is 29.0 Å². The lowest BCUT2D eigenvalue weighted by Crippen LogP contribution is -2.37. The van der Waals surface area contributed by atoms with Crippen molar-refractivity contribution in [3.63, 3.8) is 0 Å². The molecule has 17 heteroatoms. The highest BCUT2D eigenvalue weighted by atomic mass is 35.5. The molecule has 0 amide bonds. The minimum atomic E-state index is -4.09. The van der Waals surface area contributed by atoms with Gasteiger partial charge in [-0.25, -0.2) is 14.8 Å². The molecule has 5 rings (SSSR count). The SMILES string of the molecule is CCCCOP(=O)(OCCCC)C(OC[C@H]1O[C@@H](n2cnc3c(-n4ccnc4)nc(Cl)nc32)[C@@H]2OC(C)(C)O[C@@H]21)C(=O)OCC. The van der Waals surface area contributed by atoms with E-state index in [1.165, 1.54) is 0 Å². The van der Waals surface area contributed by atoms with Gasteiger partial charge in [0, 0.05) is 12.4 Å². The van der Waals surface area contributed by atoms with Gasteiger partial charge in [0.05, 0.1) is 32.8 Å². The van der Waals surface area contributed by atoms with E-state index >= 15 is 0 Å². The molecule has 2 fully saturated rings. The number of esters is 1. The van der Waals surface area contributed by atoms with Gasteiger partial charge in [-0.2, -0.15) is 9.97 Å². The van der Waals surface area contributed by atoms with Gasteiger partial charge in [-0.3, -0.25) is 13.7 Å². The Kier molecular flexibility index (Phi) is 10.9. The van der Waals surface area contributed by atoms with Gasteiger partial charge in [-0.05, 0) is 45.2 Å². The van der Waals surface area contributed by atoms with E-state index < -0.39 is 49.7 Å². The number of unbranched alkanes of at least 4 members (excludes halogenated alkanes) is 2. The van der Waals surface area contributed by atoms with E-state index in [0.29, 0.717) is 29.8 Å². The number of aromatic nitrogens is 6. The summed E-state index contributed by atoms with van der Waals surface area (Å²) in [7, 11) is -4.09. The van der Waals surface area contributed by atoms with Crippen LogP contribution in [0.25, 0.3) is 17.0 Å². The van der Waals surface area contributed by atoms with Crippen molar-refractivity contribution in [2.24, 2.45) is 0 Å². The number of carbonyl (C=O) groups excluding carboxylic acids is 1. The van der Waals surface area contributed by atoms with Gasteiger partial charge in [-0.15, -0.1) is 0 Å². The Labute approximate surface area is 266 Å². The van der Waals surface area contributed by atoms with Crippen LogP contribution in [0.1, 0.15) is 66.5 Å². The first kappa shape index (κ1) is 33.9. The molecule has 2 saturated heterocycles. The first-order chi connectivity index (χ1) is 21.6. The average Bonchev–Trinajstić information content (AvgIpc) is 3.78. The number of fused-ring (bicyclic) bond motifs is 2. The maximum atomic E-state index is 14.1. The Morgan fingerprint density at radius 1 is 1.09 bits per heavy atom. The van der Waals surface area contributed by atoms with Crippen molar-refractivity contribution in [1.29, 1.82) is 0 Å². The van der Waals surface area contributed by atoms with Crippen LogP contribution in [0.15, 0.2) is 25.0 Å². The molecule has 248 valence electrons. The molecule has 5 heterocycles. The fourth-order valence-electron chi connectivity index (χ4n) is 5.18. The molecule has 3 aromatic rings. The molecule has 2 aliphatic heterocycles. The van der Waals surface area contributed by atoms with Crippen molar-refractivity contribution >= 4 is 36.3 Å². The molecule has 1 unspecified atom stereocenters. The smallest absolute Gasteiger partial charge is 0.370 e. The normalized spacial score (nSPS) is 23.4. The Morgan fingerprint density at radius 3 is 2.44 bits per heavy atom. The molecule has 45 heavy (non-hydrogen) atoms. The predicted molar refractivity (Wildman–Crippen MR) is 161 cm³/mol. The van der Waals surface area contributed by atoms with Gasteiger partial charge in [0.1, 0.15) is 24.6 Å². The van der Waals surface area contributed by atoms with Gasteiger partial charge < -0.3 is 32.7 Å². The molecule has 0 aliphatic carbocycles. The number of imidazole rings is 2. The summed E-state index contributed by atoms with van der Waals surface area (Å²) in [6, 6.07) is 0. The Morgan fingerprint density at radius 2 is 1.80 bits per heavy atom. The summed E-state index contributed by atoms with van der Waals surface area (Å²) >= 11 is 6.33. The van der Waals surface area contributed by atoms with Crippen LogP contribution in [0.2, 0.25) is 5.28 Å². The second-order valence-corrected chi connectivity index (χ2v) is 13.5. The number of rotatable bonds is 16. The summed E-state index contributed by atoms with van der Waals surface area (Å²) in [5.41, 5.74) is 0.868. The number of nitrogens with zero attached hydrogens (tertiary/aromatic N) is 6. The molecule has 15 nitrogen and oxygen atoms in total. The Bertz CT molecular complexity index is 1470. The van der Waals surface area contributed by atoms with Gasteiger partial charge >= 0.3 is 13.6 Å². The van der Waals surface area contributed by atoms with Gasteiger partial charge in [-0.1, -0.05) is 26.7 Å². The molecule has 3 aromatic heterocycles. The molecule has 2 aliphatic rings. The second kappa shape index (κ2) is 14.5. The minimum Gasteiger partial charge on any atom is -0.464 e. The summed E-state index contributed by atoms with van der Waals surface area (Å²) < 4.78 is 59.1. The number of hydrogen-bond acceptors (Lipinski definition) is 13. The van der Waals surface area contributed by atoms with E-state index in [1.54, 1.807) is 55.0 Å². The highest BCUT2D eigenvalue weighted by Crippen LogP contribution is 2.55. The van der Waals surface area contributed by atoms with Crippen LogP contribution < -0.4 is 0 Å². The third kappa shape index (κ3) is 7.41. The van der Waals surface area contributed by atoms with E-state index in [4.69, 9.17) is 44.3 Å². The maximum absolute atomic E-state index is 14.1. The quantitative estimate of drug-likeness (QED) is 0.0884. The van der Waals surface area contributed by atoms with Crippen LogP contribution in [0.3, 0.4) is 0 Å². The zero-order valence-corrected chi connectivity index (χ0v) is 27.7. The van der Waals surface area contributed by atoms with Crippen LogP contribution in [-0.4, -0.2) is 91.4 Å². The molecule has 0 bridgehead atoms.